The first-order valence-corrected chi connectivity index (χ1v) is 10.8. The predicted octanol–water partition coefficient (Wildman–Crippen LogP) is 3.90. The number of benzene rings is 2. The van der Waals surface area contributed by atoms with E-state index in [4.69, 9.17) is 11.6 Å². The summed E-state index contributed by atoms with van der Waals surface area (Å²) in [5, 5.41) is 2.32. The number of anilines is 1. The molecule has 2 amide bonds. The van der Waals surface area contributed by atoms with Gasteiger partial charge in [-0.25, -0.2) is 0 Å². The van der Waals surface area contributed by atoms with Crippen molar-refractivity contribution in [3.8, 4) is 0 Å². The van der Waals surface area contributed by atoms with E-state index in [1.807, 2.05) is 23.5 Å². The Kier molecular flexibility index (Phi) is 6.18. The molecule has 2 heterocycles. The number of halogens is 4. The number of likely N-dealkylation sites (tertiary alicyclic amines) is 1. The number of carbonyl (C=O) groups excluding carboxylic acids is 2. The highest BCUT2D eigenvalue weighted by atomic mass is 35.5. The van der Waals surface area contributed by atoms with Gasteiger partial charge in [-0.2, -0.15) is 13.2 Å². The summed E-state index contributed by atoms with van der Waals surface area (Å²) in [6, 6.07) is 15.1. The van der Waals surface area contributed by atoms with Gasteiger partial charge in [0, 0.05) is 17.3 Å². The first-order valence-electron chi connectivity index (χ1n) is 10.4. The number of amides is 2. The van der Waals surface area contributed by atoms with Crippen molar-refractivity contribution in [2.45, 2.75) is 31.0 Å². The summed E-state index contributed by atoms with van der Waals surface area (Å²) >= 11 is 6.22. The van der Waals surface area contributed by atoms with Gasteiger partial charge in [-0.15, -0.1) is 0 Å². The van der Waals surface area contributed by atoms with Crippen LogP contribution in [0.5, 0.6) is 0 Å². The molecule has 170 valence electrons. The molecule has 2 aromatic carbocycles. The van der Waals surface area contributed by atoms with Crippen LogP contribution in [0.25, 0.3) is 0 Å². The van der Waals surface area contributed by atoms with Crippen molar-refractivity contribution in [2.75, 3.05) is 31.1 Å². The second-order valence-corrected chi connectivity index (χ2v) is 8.72. The predicted molar refractivity (Wildman–Crippen MR) is 116 cm³/mol. The monoisotopic (exact) mass is 465 g/mol. The summed E-state index contributed by atoms with van der Waals surface area (Å²) in [7, 11) is 0. The van der Waals surface area contributed by atoms with Gasteiger partial charge in [-0.05, 0) is 55.3 Å². The molecule has 0 unspecified atom stereocenters. The molecule has 32 heavy (non-hydrogen) atoms. The van der Waals surface area contributed by atoms with Crippen LogP contribution in [-0.2, 0) is 21.5 Å². The Labute approximate surface area is 189 Å². The lowest BCUT2D eigenvalue weighted by Crippen LogP contribution is -2.50. The maximum atomic E-state index is 13.5. The van der Waals surface area contributed by atoms with Crippen molar-refractivity contribution in [1.29, 1.82) is 0 Å². The number of fused-ring (bicyclic) bond motifs is 2. The number of piperidine rings is 1. The molecule has 2 aliphatic heterocycles. The third-order valence-electron chi connectivity index (χ3n) is 6.17. The van der Waals surface area contributed by atoms with Gasteiger partial charge in [0.25, 0.3) is 0 Å². The first-order chi connectivity index (χ1) is 15.2. The summed E-state index contributed by atoms with van der Waals surface area (Å²) < 4.78 is 37.4. The lowest BCUT2D eigenvalue weighted by atomic mass is 9.73. The summed E-state index contributed by atoms with van der Waals surface area (Å²) in [5.74, 6) is -1.11. The molecular weight excluding hydrogens is 443 g/mol. The molecule has 0 saturated carbocycles. The highest BCUT2D eigenvalue weighted by molar-refractivity contribution is 6.31. The normalized spacial score (nSPS) is 18.1. The fourth-order valence-electron chi connectivity index (χ4n) is 4.58. The maximum Gasteiger partial charge on any atom is 0.405 e. The third kappa shape index (κ3) is 4.61. The van der Waals surface area contributed by atoms with Crippen LogP contribution in [-0.4, -0.2) is 49.1 Å². The fourth-order valence-corrected chi connectivity index (χ4v) is 4.75. The van der Waals surface area contributed by atoms with Crippen LogP contribution in [0.4, 0.5) is 18.9 Å². The molecule has 1 fully saturated rings. The number of nitrogens with one attached hydrogen (secondary N) is 1. The van der Waals surface area contributed by atoms with Gasteiger partial charge in [0.2, 0.25) is 11.8 Å². The number of hydrogen-bond acceptors (Lipinski definition) is 3. The van der Waals surface area contributed by atoms with E-state index in [1.165, 1.54) is 10.5 Å². The van der Waals surface area contributed by atoms with Gasteiger partial charge in [0.05, 0.1) is 5.41 Å². The van der Waals surface area contributed by atoms with Gasteiger partial charge in [-0.3, -0.25) is 14.5 Å². The minimum atomic E-state index is -4.51. The van der Waals surface area contributed by atoms with Crippen LogP contribution in [0.2, 0.25) is 5.02 Å². The first kappa shape index (κ1) is 22.6. The summed E-state index contributed by atoms with van der Waals surface area (Å²) in [4.78, 5) is 29.2. The molecule has 2 aromatic rings. The van der Waals surface area contributed by atoms with E-state index in [-0.39, 0.29) is 5.91 Å². The average molecular weight is 466 g/mol. The molecule has 1 spiro atoms. The summed E-state index contributed by atoms with van der Waals surface area (Å²) in [5.41, 5.74) is 1.65. The van der Waals surface area contributed by atoms with Gasteiger partial charge < -0.3 is 10.2 Å². The number of hydrogen-bond donors (Lipinski definition) is 1. The lowest BCUT2D eigenvalue weighted by molar-refractivity contribution is -0.138. The third-order valence-corrected chi connectivity index (χ3v) is 6.40. The number of carbonyl (C=O) groups is 2. The van der Waals surface area contributed by atoms with Gasteiger partial charge in [-0.1, -0.05) is 41.9 Å². The zero-order chi connectivity index (χ0) is 22.9. The Hall–Kier alpha value is -2.58. The topological polar surface area (TPSA) is 52.7 Å². The number of alkyl halides is 3. The van der Waals surface area contributed by atoms with E-state index in [2.05, 4.69) is 17.0 Å². The molecule has 0 radical (unpaired) electrons. The summed E-state index contributed by atoms with van der Waals surface area (Å²) in [6.07, 6.45) is -3.41. The van der Waals surface area contributed by atoms with E-state index in [0.29, 0.717) is 36.6 Å². The molecule has 2 aliphatic rings. The summed E-state index contributed by atoms with van der Waals surface area (Å²) in [6.45, 7) is 0.248. The SMILES string of the molecule is O=C(CN1C(=O)C2(CCN(Cc3ccccc3)CC2)c2cc(Cl)ccc21)NCC(F)(F)F. The zero-order valence-electron chi connectivity index (χ0n) is 17.3. The average Bonchev–Trinajstić information content (AvgIpc) is 2.96. The van der Waals surface area contributed by atoms with Crippen molar-refractivity contribution < 1.29 is 22.8 Å². The Bertz CT molecular complexity index is 1010. The van der Waals surface area contributed by atoms with Crippen LogP contribution in [0.1, 0.15) is 24.0 Å². The van der Waals surface area contributed by atoms with Gasteiger partial charge in [0.1, 0.15) is 13.1 Å². The maximum absolute atomic E-state index is 13.5. The van der Waals surface area contributed by atoms with Crippen LogP contribution < -0.4 is 10.2 Å². The fraction of sp³-hybridized carbons (Fsp3) is 0.391. The molecule has 0 aromatic heterocycles. The Morgan fingerprint density at radius 3 is 2.44 bits per heavy atom. The van der Waals surface area contributed by atoms with Crippen LogP contribution in [0.15, 0.2) is 48.5 Å². The zero-order valence-corrected chi connectivity index (χ0v) is 18.0. The van der Waals surface area contributed by atoms with Crippen LogP contribution in [0, 0.1) is 0 Å². The Morgan fingerprint density at radius 1 is 1.09 bits per heavy atom. The van der Waals surface area contributed by atoms with Crippen molar-refractivity contribution in [3.63, 3.8) is 0 Å². The highest BCUT2D eigenvalue weighted by Crippen LogP contribution is 2.48. The number of rotatable bonds is 5. The highest BCUT2D eigenvalue weighted by Gasteiger charge is 2.52. The van der Waals surface area contributed by atoms with Gasteiger partial charge in [0.15, 0.2) is 0 Å². The smallest absolute Gasteiger partial charge is 0.345 e. The second kappa shape index (κ2) is 8.75. The van der Waals surface area contributed by atoms with Crippen molar-refractivity contribution in [1.82, 2.24) is 10.2 Å². The standard InChI is InChI=1S/C23H23ClF3N3O2/c24-17-6-7-19-18(12-17)22(21(32)30(19)14-20(31)28-15-23(25,26)27)8-10-29(11-9-22)13-16-4-2-1-3-5-16/h1-7,12H,8-11,13-15H2,(H,28,31). The van der Waals surface area contributed by atoms with Crippen LogP contribution >= 0.6 is 11.6 Å². The minimum absolute atomic E-state index is 0.253. The van der Waals surface area contributed by atoms with E-state index in [0.717, 1.165) is 12.1 Å². The van der Waals surface area contributed by atoms with E-state index >= 15 is 0 Å². The largest absolute Gasteiger partial charge is 0.405 e. The van der Waals surface area contributed by atoms with Crippen LogP contribution in [0.3, 0.4) is 0 Å². The quantitative estimate of drug-likeness (QED) is 0.728. The molecule has 1 saturated heterocycles. The molecule has 9 heteroatoms. The molecular formula is C23H23ClF3N3O2. The lowest BCUT2D eigenvalue weighted by Gasteiger charge is -2.38. The molecule has 0 bridgehead atoms. The molecule has 0 aliphatic carbocycles. The van der Waals surface area contributed by atoms with Crippen molar-refractivity contribution >= 4 is 29.1 Å². The van der Waals surface area contributed by atoms with Crippen molar-refractivity contribution in [3.05, 3.63) is 64.7 Å². The van der Waals surface area contributed by atoms with E-state index < -0.39 is 30.6 Å². The molecule has 4 rings (SSSR count). The van der Waals surface area contributed by atoms with Crippen molar-refractivity contribution in [2.24, 2.45) is 0 Å². The molecule has 5 nitrogen and oxygen atoms in total. The number of nitrogens with zero attached hydrogens (tertiary/aromatic N) is 2. The molecule has 1 N–H and O–H groups in total. The minimum Gasteiger partial charge on any atom is -0.345 e. The molecule has 0 atom stereocenters. The van der Waals surface area contributed by atoms with E-state index in [1.54, 1.807) is 18.2 Å². The second-order valence-electron chi connectivity index (χ2n) is 8.29. The Morgan fingerprint density at radius 2 is 1.78 bits per heavy atom. The van der Waals surface area contributed by atoms with E-state index in [9.17, 15) is 22.8 Å². The van der Waals surface area contributed by atoms with Gasteiger partial charge >= 0.3 is 6.18 Å². The Balaban J connectivity index is 1.52.